The Morgan fingerprint density at radius 2 is 2.28 bits per heavy atom. The van der Waals surface area contributed by atoms with Crippen LogP contribution in [0.1, 0.15) is 5.69 Å². The van der Waals surface area contributed by atoms with E-state index in [1.807, 2.05) is 0 Å². The first-order chi connectivity index (χ1) is 8.49. The van der Waals surface area contributed by atoms with Gasteiger partial charge in [0.15, 0.2) is 5.82 Å². The smallest absolute Gasteiger partial charge is 0.304 e. The van der Waals surface area contributed by atoms with Crippen molar-refractivity contribution in [1.29, 1.82) is 0 Å². The Kier molecular flexibility index (Phi) is 3.55. The van der Waals surface area contributed by atoms with E-state index in [1.54, 1.807) is 0 Å². The third-order valence-electron chi connectivity index (χ3n) is 2.00. The summed E-state index contributed by atoms with van der Waals surface area (Å²) in [5.41, 5.74) is 0.407. The van der Waals surface area contributed by atoms with Gasteiger partial charge in [-0.15, -0.1) is 0 Å². The predicted molar refractivity (Wildman–Crippen MR) is 63.2 cm³/mol. The van der Waals surface area contributed by atoms with E-state index in [1.165, 1.54) is 17.6 Å². The number of hydrogen-bond acceptors (Lipinski definition) is 5. The van der Waals surface area contributed by atoms with Gasteiger partial charge in [0.1, 0.15) is 0 Å². The molecule has 0 fully saturated rings. The molecule has 9 heteroatoms. The maximum atomic E-state index is 13.3. The quantitative estimate of drug-likeness (QED) is 0.854. The van der Waals surface area contributed by atoms with Gasteiger partial charge in [-0.25, -0.2) is 22.5 Å². The number of sulfonamides is 1. The minimum atomic E-state index is -4.03. The summed E-state index contributed by atoms with van der Waals surface area (Å²) in [5, 5.41) is 0.821. The second-order valence-electron chi connectivity index (χ2n) is 3.29. The van der Waals surface area contributed by atoms with Gasteiger partial charge in [-0.2, -0.15) is 0 Å². The fraction of sp³-hybridized carbons (Fsp3) is 0.111. The lowest BCUT2D eigenvalue weighted by atomic mass is 10.5. The van der Waals surface area contributed by atoms with Gasteiger partial charge in [0.05, 0.1) is 6.54 Å². The number of thiazole rings is 1. The van der Waals surface area contributed by atoms with Gasteiger partial charge in [0.25, 0.3) is 10.0 Å². The van der Waals surface area contributed by atoms with E-state index in [4.69, 9.17) is 0 Å². The summed E-state index contributed by atoms with van der Waals surface area (Å²) in [6.45, 7) is -0.128. The summed E-state index contributed by atoms with van der Waals surface area (Å²) in [6, 6.07) is 2.30. The fourth-order valence-electron chi connectivity index (χ4n) is 1.21. The van der Waals surface area contributed by atoms with E-state index < -0.39 is 20.9 Å². The molecule has 2 heterocycles. The molecule has 0 saturated heterocycles. The number of H-pyrrole nitrogens is 1. The molecule has 0 radical (unpaired) electrons. The van der Waals surface area contributed by atoms with Crippen LogP contribution in [0.2, 0.25) is 0 Å². The SMILES string of the molecule is O=c1[nH]c(CNS(=O)(=O)c2ncccc2F)cs1. The lowest BCUT2D eigenvalue weighted by Gasteiger charge is -2.05. The van der Waals surface area contributed by atoms with Gasteiger partial charge in [0, 0.05) is 17.3 Å². The molecule has 0 spiro atoms. The van der Waals surface area contributed by atoms with Crippen LogP contribution in [0.25, 0.3) is 0 Å². The molecule has 0 aliphatic heterocycles. The van der Waals surface area contributed by atoms with E-state index in [2.05, 4.69) is 14.7 Å². The van der Waals surface area contributed by atoms with Crippen molar-refractivity contribution in [3.63, 3.8) is 0 Å². The highest BCUT2D eigenvalue weighted by Gasteiger charge is 2.20. The number of hydrogen-bond donors (Lipinski definition) is 2. The Labute approximate surface area is 106 Å². The normalized spacial score (nSPS) is 11.6. The largest absolute Gasteiger partial charge is 0.315 e. The summed E-state index contributed by atoms with van der Waals surface area (Å²) >= 11 is 0.918. The van der Waals surface area contributed by atoms with Gasteiger partial charge in [0.2, 0.25) is 5.03 Å². The molecule has 0 amide bonds. The van der Waals surface area contributed by atoms with Crippen LogP contribution in [0, 0.1) is 5.82 Å². The lowest BCUT2D eigenvalue weighted by molar-refractivity contribution is 0.544. The number of halogens is 1. The van der Waals surface area contributed by atoms with Crippen LogP contribution in [-0.4, -0.2) is 18.4 Å². The Morgan fingerprint density at radius 3 is 2.89 bits per heavy atom. The highest BCUT2D eigenvalue weighted by atomic mass is 32.2. The topological polar surface area (TPSA) is 91.9 Å². The Hall–Kier alpha value is -1.58. The number of nitrogens with zero attached hydrogens (tertiary/aromatic N) is 1. The first-order valence-electron chi connectivity index (χ1n) is 4.76. The van der Waals surface area contributed by atoms with Crippen molar-refractivity contribution >= 4 is 21.4 Å². The molecular formula is C9H8FN3O3S2. The zero-order chi connectivity index (χ0) is 13.2. The van der Waals surface area contributed by atoms with E-state index in [9.17, 15) is 17.6 Å². The molecule has 0 atom stereocenters. The zero-order valence-electron chi connectivity index (χ0n) is 8.88. The molecular weight excluding hydrogens is 281 g/mol. The van der Waals surface area contributed by atoms with Crippen molar-refractivity contribution in [3.8, 4) is 0 Å². The van der Waals surface area contributed by atoms with Crippen molar-refractivity contribution in [3.05, 3.63) is 44.9 Å². The number of aromatic nitrogens is 2. The molecule has 2 aromatic heterocycles. The summed E-state index contributed by atoms with van der Waals surface area (Å²) in [5.74, 6) is -0.927. The number of nitrogens with one attached hydrogen (secondary N) is 2. The molecule has 96 valence electrons. The van der Waals surface area contributed by atoms with Gasteiger partial charge >= 0.3 is 4.87 Å². The Morgan fingerprint density at radius 1 is 1.50 bits per heavy atom. The average molecular weight is 289 g/mol. The van der Waals surface area contributed by atoms with Crippen LogP contribution < -0.4 is 9.60 Å². The molecule has 0 aromatic carbocycles. The van der Waals surface area contributed by atoms with Crippen LogP contribution in [0.5, 0.6) is 0 Å². The minimum Gasteiger partial charge on any atom is -0.315 e. The van der Waals surface area contributed by atoms with Crippen molar-refractivity contribution in [1.82, 2.24) is 14.7 Å². The first-order valence-corrected chi connectivity index (χ1v) is 7.12. The maximum Gasteiger partial charge on any atom is 0.304 e. The van der Waals surface area contributed by atoms with E-state index in [0.29, 0.717) is 5.69 Å². The van der Waals surface area contributed by atoms with E-state index in [0.717, 1.165) is 17.4 Å². The van der Waals surface area contributed by atoms with Crippen LogP contribution in [0.4, 0.5) is 4.39 Å². The van der Waals surface area contributed by atoms with Crippen molar-refractivity contribution in [2.24, 2.45) is 0 Å². The molecule has 6 nitrogen and oxygen atoms in total. The number of pyridine rings is 1. The molecule has 0 unspecified atom stereocenters. The standard InChI is InChI=1S/C9H8FN3O3S2/c10-7-2-1-3-11-8(7)18(15,16)12-4-6-5-17-9(14)13-6/h1-3,5,12H,4H2,(H,13,14). The summed E-state index contributed by atoms with van der Waals surface area (Å²) < 4.78 is 38.9. The lowest BCUT2D eigenvalue weighted by Crippen LogP contribution is -2.25. The third kappa shape index (κ3) is 2.81. The third-order valence-corrected chi connectivity index (χ3v) is 4.06. The van der Waals surface area contributed by atoms with Gasteiger partial charge < -0.3 is 4.98 Å². The van der Waals surface area contributed by atoms with Crippen LogP contribution >= 0.6 is 11.3 Å². The highest BCUT2D eigenvalue weighted by Crippen LogP contribution is 2.10. The van der Waals surface area contributed by atoms with Crippen LogP contribution in [-0.2, 0) is 16.6 Å². The monoisotopic (exact) mass is 289 g/mol. The molecule has 0 bridgehead atoms. The zero-order valence-corrected chi connectivity index (χ0v) is 10.5. The van der Waals surface area contributed by atoms with Crippen molar-refractivity contribution in [2.75, 3.05) is 0 Å². The molecule has 2 N–H and O–H groups in total. The van der Waals surface area contributed by atoms with Gasteiger partial charge in [-0.05, 0) is 12.1 Å². The van der Waals surface area contributed by atoms with Crippen LogP contribution in [0.3, 0.4) is 0 Å². The molecule has 2 aromatic rings. The predicted octanol–water partition coefficient (Wildman–Crippen LogP) is 0.449. The van der Waals surface area contributed by atoms with Gasteiger partial charge in [-0.3, -0.25) is 4.79 Å². The summed E-state index contributed by atoms with van der Waals surface area (Å²) in [4.78, 5) is 16.5. The molecule has 2 rings (SSSR count). The van der Waals surface area contributed by atoms with E-state index in [-0.39, 0.29) is 11.4 Å². The Bertz CT molecular complexity index is 708. The summed E-state index contributed by atoms with van der Waals surface area (Å²) in [7, 11) is -4.03. The minimum absolute atomic E-state index is 0.128. The van der Waals surface area contributed by atoms with Crippen molar-refractivity contribution < 1.29 is 12.8 Å². The average Bonchev–Trinajstić information content (AvgIpc) is 2.73. The summed E-state index contributed by atoms with van der Waals surface area (Å²) in [6.07, 6.45) is 1.18. The van der Waals surface area contributed by atoms with Gasteiger partial charge in [-0.1, -0.05) is 11.3 Å². The Balaban J connectivity index is 2.18. The second kappa shape index (κ2) is 4.96. The first kappa shape index (κ1) is 12.9. The molecule has 0 aliphatic carbocycles. The number of rotatable bonds is 4. The van der Waals surface area contributed by atoms with Crippen LogP contribution in [0.15, 0.2) is 33.5 Å². The fourth-order valence-corrected chi connectivity index (χ4v) is 2.80. The molecule has 0 aliphatic rings. The molecule has 18 heavy (non-hydrogen) atoms. The second-order valence-corrected chi connectivity index (χ2v) is 5.81. The molecule has 0 saturated carbocycles. The maximum absolute atomic E-state index is 13.3. The number of aromatic amines is 1. The van der Waals surface area contributed by atoms with Crippen molar-refractivity contribution in [2.45, 2.75) is 11.6 Å². The highest BCUT2D eigenvalue weighted by molar-refractivity contribution is 7.89. The van der Waals surface area contributed by atoms with E-state index >= 15 is 0 Å².